The van der Waals surface area contributed by atoms with Crippen molar-refractivity contribution < 1.29 is 4.79 Å². The molecule has 1 unspecified atom stereocenters. The number of rotatable bonds is 5. The molecular weight excluding hydrogens is 410 g/mol. The molecule has 0 radical (unpaired) electrons. The van der Waals surface area contributed by atoms with Gasteiger partial charge < -0.3 is 10.2 Å². The monoisotopic (exact) mass is 443 g/mol. The highest BCUT2D eigenvalue weighted by Gasteiger charge is 2.29. The smallest absolute Gasteiger partial charge is 0.270 e. The van der Waals surface area contributed by atoms with Gasteiger partial charge in [0.25, 0.3) is 5.91 Å². The van der Waals surface area contributed by atoms with Gasteiger partial charge in [-0.2, -0.15) is 5.10 Å². The van der Waals surface area contributed by atoms with Gasteiger partial charge in [0.05, 0.1) is 11.4 Å². The van der Waals surface area contributed by atoms with Gasteiger partial charge in [0.2, 0.25) is 0 Å². The van der Waals surface area contributed by atoms with Crippen molar-refractivity contribution in [3.63, 3.8) is 0 Å². The summed E-state index contributed by atoms with van der Waals surface area (Å²) >= 11 is 0. The first kappa shape index (κ1) is 21.9. The molecule has 1 aromatic heterocycles. The maximum Gasteiger partial charge on any atom is 0.270 e. The van der Waals surface area contributed by atoms with Crippen LogP contribution in [0, 0.1) is 0 Å². The Kier molecular flexibility index (Phi) is 6.55. The quantitative estimate of drug-likeness (QED) is 0.651. The minimum absolute atomic E-state index is 0.0521. The zero-order valence-electron chi connectivity index (χ0n) is 19.4. The Morgan fingerprint density at radius 1 is 0.939 bits per heavy atom. The van der Waals surface area contributed by atoms with Gasteiger partial charge >= 0.3 is 0 Å². The molecule has 2 fully saturated rings. The van der Waals surface area contributed by atoms with Crippen molar-refractivity contribution in [3.8, 4) is 16.9 Å². The lowest BCUT2D eigenvalue weighted by Crippen LogP contribution is -2.53. The van der Waals surface area contributed by atoms with Crippen molar-refractivity contribution in [3.05, 3.63) is 72.4 Å². The summed E-state index contributed by atoms with van der Waals surface area (Å²) in [6.07, 6.45) is 4.60. The van der Waals surface area contributed by atoms with E-state index in [1.54, 1.807) is 4.68 Å². The van der Waals surface area contributed by atoms with E-state index in [-0.39, 0.29) is 11.9 Å². The number of amides is 1. The fraction of sp³-hybridized carbons (Fsp3) is 0.407. The number of nitrogens with zero attached hydrogens (tertiary/aromatic N) is 4. The zero-order valence-corrected chi connectivity index (χ0v) is 19.4. The number of carbonyl (C=O) groups is 1. The second kappa shape index (κ2) is 9.89. The molecule has 6 nitrogen and oxygen atoms in total. The first-order valence-electron chi connectivity index (χ1n) is 12.1. The maximum atomic E-state index is 13.5. The summed E-state index contributed by atoms with van der Waals surface area (Å²) < 4.78 is 1.77. The van der Waals surface area contributed by atoms with E-state index in [1.807, 2.05) is 66.7 Å². The fourth-order valence-electron chi connectivity index (χ4n) is 5.13. The van der Waals surface area contributed by atoms with Gasteiger partial charge in [0, 0.05) is 24.2 Å². The van der Waals surface area contributed by atoms with Crippen LogP contribution in [0.5, 0.6) is 0 Å². The molecule has 1 N–H and O–H groups in total. The Morgan fingerprint density at radius 2 is 1.64 bits per heavy atom. The van der Waals surface area contributed by atoms with E-state index in [2.05, 4.69) is 22.2 Å². The Labute approximate surface area is 196 Å². The summed E-state index contributed by atoms with van der Waals surface area (Å²) in [6, 6.07) is 22.7. The van der Waals surface area contributed by atoms with Crippen LogP contribution < -0.4 is 5.32 Å². The van der Waals surface area contributed by atoms with E-state index in [0.717, 1.165) is 56.0 Å². The molecular formula is C27H33N5O. The molecule has 3 heterocycles. The van der Waals surface area contributed by atoms with Crippen LogP contribution in [-0.4, -0.2) is 70.8 Å². The first-order chi connectivity index (χ1) is 16.2. The Hall–Kier alpha value is -2.96. The molecule has 33 heavy (non-hydrogen) atoms. The van der Waals surface area contributed by atoms with Gasteiger partial charge in [-0.3, -0.25) is 9.69 Å². The molecule has 2 aromatic carbocycles. The normalized spacial score (nSPS) is 20.6. The number of nitrogens with one attached hydrogen (secondary N) is 1. The lowest BCUT2D eigenvalue weighted by atomic mass is 9.98. The summed E-state index contributed by atoms with van der Waals surface area (Å²) in [5.41, 5.74) is 3.28. The van der Waals surface area contributed by atoms with Crippen molar-refractivity contribution in [1.29, 1.82) is 0 Å². The number of benzene rings is 2. The molecule has 0 saturated carbocycles. The number of aromatic nitrogens is 2. The van der Waals surface area contributed by atoms with Crippen LogP contribution >= 0.6 is 0 Å². The molecule has 2 aliphatic heterocycles. The van der Waals surface area contributed by atoms with E-state index in [1.165, 1.54) is 12.8 Å². The number of hydrogen-bond donors (Lipinski definition) is 1. The summed E-state index contributed by atoms with van der Waals surface area (Å²) in [7, 11) is 2.20. The van der Waals surface area contributed by atoms with E-state index in [4.69, 9.17) is 5.10 Å². The Morgan fingerprint density at radius 3 is 2.36 bits per heavy atom. The van der Waals surface area contributed by atoms with Crippen molar-refractivity contribution >= 4 is 5.91 Å². The second-order valence-electron chi connectivity index (χ2n) is 9.37. The standard InChI is InChI=1S/C27H33N5O/c1-30-17-14-23(15-18-30)31-16-8-11-22(20-31)28-27(33)26-19-25(21-9-4-2-5-10-21)29-32(26)24-12-6-3-7-13-24/h2-7,9-10,12-13,19,22-23H,8,11,14-18,20H2,1H3,(H,28,33). The van der Waals surface area contributed by atoms with E-state index in [0.29, 0.717) is 11.7 Å². The molecule has 2 aliphatic rings. The SMILES string of the molecule is CN1CCC(N2CCCC(NC(=O)c3cc(-c4ccccc4)nn3-c3ccccc3)C2)CC1. The molecule has 3 aromatic rings. The highest BCUT2D eigenvalue weighted by Crippen LogP contribution is 2.23. The van der Waals surface area contributed by atoms with Gasteiger partial charge in [0.15, 0.2) is 0 Å². The van der Waals surface area contributed by atoms with Crippen molar-refractivity contribution in [1.82, 2.24) is 24.9 Å². The number of piperidine rings is 2. The number of para-hydroxylation sites is 1. The Bertz CT molecular complexity index is 1060. The van der Waals surface area contributed by atoms with Crippen LogP contribution in [0.15, 0.2) is 66.7 Å². The molecule has 0 bridgehead atoms. The van der Waals surface area contributed by atoms with E-state index < -0.39 is 0 Å². The topological polar surface area (TPSA) is 53.4 Å². The molecule has 6 heteroatoms. The lowest BCUT2D eigenvalue weighted by molar-refractivity contribution is 0.0761. The van der Waals surface area contributed by atoms with Crippen LogP contribution in [0.3, 0.4) is 0 Å². The lowest BCUT2D eigenvalue weighted by Gasteiger charge is -2.41. The highest BCUT2D eigenvalue weighted by atomic mass is 16.2. The van der Waals surface area contributed by atoms with E-state index >= 15 is 0 Å². The minimum atomic E-state index is -0.0521. The number of hydrogen-bond acceptors (Lipinski definition) is 4. The van der Waals surface area contributed by atoms with E-state index in [9.17, 15) is 4.79 Å². The third-order valence-corrected chi connectivity index (χ3v) is 7.00. The second-order valence-corrected chi connectivity index (χ2v) is 9.37. The summed E-state index contributed by atoms with van der Waals surface area (Å²) in [5, 5.41) is 8.14. The molecule has 2 saturated heterocycles. The fourth-order valence-corrected chi connectivity index (χ4v) is 5.13. The number of likely N-dealkylation sites (tertiary alicyclic amines) is 2. The molecule has 0 spiro atoms. The molecule has 172 valence electrons. The average Bonchev–Trinajstić information content (AvgIpc) is 3.32. The van der Waals surface area contributed by atoms with Crippen LogP contribution in [0.4, 0.5) is 0 Å². The molecule has 1 atom stereocenters. The number of carbonyl (C=O) groups excluding carboxylic acids is 1. The predicted molar refractivity (Wildman–Crippen MR) is 132 cm³/mol. The summed E-state index contributed by atoms with van der Waals surface area (Å²) in [6.45, 7) is 4.40. The van der Waals surface area contributed by atoms with Gasteiger partial charge in [-0.05, 0) is 70.6 Å². The van der Waals surface area contributed by atoms with Crippen LogP contribution in [0.2, 0.25) is 0 Å². The van der Waals surface area contributed by atoms with Crippen LogP contribution in [-0.2, 0) is 0 Å². The Balaban J connectivity index is 1.35. The zero-order chi connectivity index (χ0) is 22.6. The molecule has 1 amide bonds. The summed E-state index contributed by atoms with van der Waals surface area (Å²) in [4.78, 5) is 18.5. The third kappa shape index (κ3) is 5.02. The third-order valence-electron chi connectivity index (χ3n) is 7.00. The van der Waals surface area contributed by atoms with Crippen LogP contribution in [0.25, 0.3) is 16.9 Å². The van der Waals surface area contributed by atoms with Gasteiger partial charge in [-0.1, -0.05) is 48.5 Å². The minimum Gasteiger partial charge on any atom is -0.347 e. The highest BCUT2D eigenvalue weighted by molar-refractivity contribution is 5.94. The molecule has 0 aliphatic carbocycles. The van der Waals surface area contributed by atoms with Gasteiger partial charge in [-0.25, -0.2) is 4.68 Å². The molecule has 5 rings (SSSR count). The maximum absolute atomic E-state index is 13.5. The average molecular weight is 444 g/mol. The van der Waals surface area contributed by atoms with Gasteiger partial charge in [-0.15, -0.1) is 0 Å². The first-order valence-corrected chi connectivity index (χ1v) is 12.1. The van der Waals surface area contributed by atoms with Crippen molar-refractivity contribution in [2.45, 2.75) is 37.8 Å². The predicted octanol–water partition coefficient (Wildman–Crippen LogP) is 3.83. The van der Waals surface area contributed by atoms with Crippen LogP contribution in [0.1, 0.15) is 36.2 Å². The van der Waals surface area contributed by atoms with Gasteiger partial charge in [0.1, 0.15) is 5.69 Å². The largest absolute Gasteiger partial charge is 0.347 e. The van der Waals surface area contributed by atoms with Crippen molar-refractivity contribution in [2.75, 3.05) is 33.2 Å². The van der Waals surface area contributed by atoms with Crippen molar-refractivity contribution in [2.24, 2.45) is 0 Å². The summed E-state index contributed by atoms with van der Waals surface area (Å²) in [5.74, 6) is -0.0521.